The molecule has 0 N–H and O–H groups in total. The van der Waals surface area contributed by atoms with Crippen LogP contribution in [0.2, 0.25) is 0 Å². The summed E-state index contributed by atoms with van der Waals surface area (Å²) >= 11 is 0. The molecule has 0 fully saturated rings. The Labute approximate surface area is 87.8 Å². The maximum atomic E-state index is 12.0. The minimum absolute atomic E-state index is 0.510. The fraction of sp³-hybridized carbons (Fsp3) is 0.455. The molecular formula is C11H14F2O2. The molecule has 0 amide bonds. The van der Waals surface area contributed by atoms with Crippen molar-refractivity contribution in [2.75, 3.05) is 13.7 Å². The van der Waals surface area contributed by atoms with Gasteiger partial charge in [0, 0.05) is 0 Å². The van der Waals surface area contributed by atoms with Crippen molar-refractivity contribution in [2.45, 2.75) is 20.3 Å². The van der Waals surface area contributed by atoms with Gasteiger partial charge in [-0.1, -0.05) is 0 Å². The average molecular weight is 216 g/mol. The molecule has 0 saturated carbocycles. The smallest absolute Gasteiger partial charge is 0.272 e. The van der Waals surface area contributed by atoms with E-state index in [9.17, 15) is 8.78 Å². The first kappa shape index (κ1) is 11.8. The Hall–Kier alpha value is -1.32. The van der Waals surface area contributed by atoms with E-state index in [-0.39, 0.29) is 0 Å². The summed E-state index contributed by atoms with van der Waals surface area (Å²) in [6.07, 6.45) is -2.45. The highest BCUT2D eigenvalue weighted by Crippen LogP contribution is 2.28. The molecule has 1 aromatic rings. The third-order valence-corrected chi connectivity index (χ3v) is 2.02. The van der Waals surface area contributed by atoms with E-state index in [0.717, 1.165) is 11.1 Å². The van der Waals surface area contributed by atoms with Crippen LogP contribution in [-0.4, -0.2) is 20.1 Å². The topological polar surface area (TPSA) is 18.5 Å². The monoisotopic (exact) mass is 216 g/mol. The molecule has 0 saturated heterocycles. The van der Waals surface area contributed by atoms with Crippen LogP contribution in [0, 0.1) is 13.8 Å². The van der Waals surface area contributed by atoms with Crippen LogP contribution in [-0.2, 0) is 0 Å². The van der Waals surface area contributed by atoms with Crippen molar-refractivity contribution in [1.82, 2.24) is 0 Å². The second-order valence-corrected chi connectivity index (χ2v) is 3.29. The van der Waals surface area contributed by atoms with E-state index in [2.05, 4.69) is 0 Å². The second-order valence-electron chi connectivity index (χ2n) is 3.29. The standard InChI is InChI=1S/C11H14F2O2/c1-7-4-9(14-3)5-8(2)11(7)15-6-10(12)13/h4-5,10H,6H2,1-3H3. The predicted octanol–water partition coefficient (Wildman–Crippen LogP) is 2.96. The Morgan fingerprint density at radius 3 is 2.13 bits per heavy atom. The van der Waals surface area contributed by atoms with Crippen LogP contribution in [0.3, 0.4) is 0 Å². The molecule has 0 spiro atoms. The Morgan fingerprint density at radius 1 is 1.20 bits per heavy atom. The van der Waals surface area contributed by atoms with Gasteiger partial charge in [-0.05, 0) is 37.1 Å². The summed E-state index contributed by atoms with van der Waals surface area (Å²) in [6, 6.07) is 3.52. The SMILES string of the molecule is COc1cc(C)c(OCC(F)F)c(C)c1. The molecule has 2 nitrogen and oxygen atoms in total. The highest BCUT2D eigenvalue weighted by atomic mass is 19.3. The van der Waals surface area contributed by atoms with Gasteiger partial charge in [0.1, 0.15) is 18.1 Å². The van der Waals surface area contributed by atoms with E-state index in [1.165, 1.54) is 0 Å². The molecule has 4 heteroatoms. The van der Waals surface area contributed by atoms with Gasteiger partial charge in [0.15, 0.2) is 0 Å². The Morgan fingerprint density at radius 2 is 1.73 bits per heavy atom. The fourth-order valence-corrected chi connectivity index (χ4v) is 1.40. The number of rotatable bonds is 4. The normalized spacial score (nSPS) is 10.5. The minimum atomic E-state index is -2.45. The second kappa shape index (κ2) is 4.96. The van der Waals surface area contributed by atoms with Gasteiger partial charge in [0.05, 0.1) is 7.11 Å². The lowest BCUT2D eigenvalue weighted by atomic mass is 10.1. The summed E-state index contributed by atoms with van der Waals surface area (Å²) in [6.45, 7) is 3.03. The van der Waals surface area contributed by atoms with Crippen molar-refractivity contribution in [3.63, 3.8) is 0 Å². The quantitative estimate of drug-likeness (QED) is 0.770. The molecular weight excluding hydrogens is 202 g/mol. The van der Waals surface area contributed by atoms with Crippen LogP contribution in [0.15, 0.2) is 12.1 Å². The molecule has 0 aliphatic rings. The minimum Gasteiger partial charge on any atom is -0.497 e. The van der Waals surface area contributed by atoms with E-state index >= 15 is 0 Å². The molecule has 1 aromatic carbocycles. The molecule has 0 radical (unpaired) electrons. The van der Waals surface area contributed by atoms with Crippen LogP contribution in [0.4, 0.5) is 8.78 Å². The summed E-state index contributed by atoms with van der Waals surface area (Å²) in [7, 11) is 1.56. The molecule has 0 unspecified atom stereocenters. The number of ether oxygens (including phenoxy) is 2. The maximum absolute atomic E-state index is 12.0. The highest BCUT2D eigenvalue weighted by Gasteiger charge is 2.09. The number of hydrogen-bond donors (Lipinski definition) is 0. The zero-order valence-corrected chi connectivity index (χ0v) is 9.01. The lowest BCUT2D eigenvalue weighted by Gasteiger charge is -2.13. The summed E-state index contributed by atoms with van der Waals surface area (Å²) in [5, 5.41) is 0. The predicted molar refractivity (Wildman–Crippen MR) is 54.0 cm³/mol. The lowest BCUT2D eigenvalue weighted by molar-refractivity contribution is 0.0812. The number of aryl methyl sites for hydroxylation is 2. The van der Waals surface area contributed by atoms with Gasteiger partial charge in [-0.15, -0.1) is 0 Å². The van der Waals surface area contributed by atoms with Crippen LogP contribution in [0.5, 0.6) is 11.5 Å². The zero-order valence-electron chi connectivity index (χ0n) is 9.01. The van der Waals surface area contributed by atoms with Crippen molar-refractivity contribution in [2.24, 2.45) is 0 Å². The molecule has 0 bridgehead atoms. The first-order chi connectivity index (χ1) is 7.04. The summed E-state index contributed by atoms with van der Waals surface area (Å²) < 4.78 is 34.0. The van der Waals surface area contributed by atoms with Crippen molar-refractivity contribution in [3.05, 3.63) is 23.3 Å². The van der Waals surface area contributed by atoms with Crippen LogP contribution in [0.25, 0.3) is 0 Å². The Balaban J connectivity index is 2.88. The third-order valence-electron chi connectivity index (χ3n) is 2.02. The van der Waals surface area contributed by atoms with Gasteiger partial charge in [0.2, 0.25) is 0 Å². The van der Waals surface area contributed by atoms with E-state index in [0.29, 0.717) is 11.5 Å². The lowest BCUT2D eigenvalue weighted by Crippen LogP contribution is -2.08. The summed E-state index contributed by atoms with van der Waals surface area (Å²) in [4.78, 5) is 0. The number of alkyl halides is 2. The molecule has 15 heavy (non-hydrogen) atoms. The Bertz CT molecular complexity index is 314. The molecule has 1 rings (SSSR count). The molecule has 0 aliphatic carbocycles. The van der Waals surface area contributed by atoms with Crippen LogP contribution >= 0.6 is 0 Å². The molecule has 84 valence electrons. The van der Waals surface area contributed by atoms with E-state index < -0.39 is 13.0 Å². The molecule has 0 heterocycles. The average Bonchev–Trinajstić information content (AvgIpc) is 2.15. The summed E-state index contributed by atoms with van der Waals surface area (Å²) in [5.41, 5.74) is 1.60. The van der Waals surface area contributed by atoms with Gasteiger partial charge in [-0.3, -0.25) is 0 Å². The highest BCUT2D eigenvalue weighted by molar-refractivity contribution is 5.45. The van der Waals surface area contributed by atoms with E-state index in [1.54, 1.807) is 33.1 Å². The van der Waals surface area contributed by atoms with Crippen molar-refractivity contribution in [1.29, 1.82) is 0 Å². The Kier molecular flexibility index (Phi) is 3.88. The number of hydrogen-bond acceptors (Lipinski definition) is 2. The summed E-state index contributed by atoms with van der Waals surface area (Å²) in [5.74, 6) is 1.21. The van der Waals surface area contributed by atoms with Gasteiger partial charge in [-0.25, -0.2) is 8.78 Å². The molecule has 0 atom stereocenters. The van der Waals surface area contributed by atoms with Gasteiger partial charge >= 0.3 is 0 Å². The van der Waals surface area contributed by atoms with E-state index in [4.69, 9.17) is 9.47 Å². The molecule has 0 aromatic heterocycles. The number of benzene rings is 1. The van der Waals surface area contributed by atoms with Crippen LogP contribution in [0.1, 0.15) is 11.1 Å². The number of halogens is 2. The third kappa shape index (κ3) is 3.08. The van der Waals surface area contributed by atoms with Crippen LogP contribution < -0.4 is 9.47 Å². The number of methoxy groups -OCH3 is 1. The first-order valence-electron chi connectivity index (χ1n) is 4.60. The maximum Gasteiger partial charge on any atom is 0.272 e. The van der Waals surface area contributed by atoms with E-state index in [1.807, 2.05) is 0 Å². The van der Waals surface area contributed by atoms with Gasteiger partial charge in [0.25, 0.3) is 6.43 Å². The zero-order chi connectivity index (χ0) is 11.4. The van der Waals surface area contributed by atoms with Crippen molar-refractivity contribution < 1.29 is 18.3 Å². The van der Waals surface area contributed by atoms with Gasteiger partial charge < -0.3 is 9.47 Å². The fourth-order valence-electron chi connectivity index (χ4n) is 1.40. The van der Waals surface area contributed by atoms with Crippen molar-refractivity contribution in [3.8, 4) is 11.5 Å². The van der Waals surface area contributed by atoms with Crippen molar-refractivity contribution >= 4 is 0 Å². The first-order valence-corrected chi connectivity index (χ1v) is 4.60. The molecule has 0 aliphatic heterocycles. The van der Waals surface area contributed by atoms with Gasteiger partial charge in [-0.2, -0.15) is 0 Å². The largest absolute Gasteiger partial charge is 0.497 e.